The SMILES string of the molecule is COC(=O)c1ccc(/C=N\NC(=O)[C@H](CC(C)C)NC(=O)[C@H](C)Oc2ccc(Cl)cc2Cl)cc1. The maximum absolute atomic E-state index is 12.7. The molecular formula is C24H27Cl2N3O5. The quantitative estimate of drug-likeness (QED) is 0.284. The van der Waals surface area contributed by atoms with Crippen molar-refractivity contribution in [2.24, 2.45) is 11.0 Å². The molecule has 2 amide bonds. The van der Waals surface area contributed by atoms with Crippen LogP contribution in [0.1, 0.15) is 43.1 Å². The molecule has 0 radical (unpaired) electrons. The fourth-order valence-electron chi connectivity index (χ4n) is 2.88. The molecule has 2 rings (SSSR count). The van der Waals surface area contributed by atoms with Gasteiger partial charge in [-0.25, -0.2) is 10.2 Å². The van der Waals surface area contributed by atoms with E-state index in [1.165, 1.54) is 19.4 Å². The number of hydrazone groups is 1. The van der Waals surface area contributed by atoms with Crippen molar-refractivity contribution in [1.82, 2.24) is 10.7 Å². The number of carbonyl (C=O) groups excluding carboxylic acids is 3. The molecule has 2 aromatic rings. The molecule has 8 nitrogen and oxygen atoms in total. The van der Waals surface area contributed by atoms with Gasteiger partial charge in [-0.1, -0.05) is 49.2 Å². The summed E-state index contributed by atoms with van der Waals surface area (Å²) in [6.45, 7) is 5.43. The Labute approximate surface area is 208 Å². The zero-order valence-corrected chi connectivity index (χ0v) is 20.8. The van der Waals surface area contributed by atoms with Crippen LogP contribution in [-0.2, 0) is 14.3 Å². The third kappa shape index (κ3) is 8.35. The minimum atomic E-state index is -0.905. The molecule has 0 unspecified atom stereocenters. The molecule has 0 heterocycles. The predicted molar refractivity (Wildman–Crippen MR) is 131 cm³/mol. The molecule has 0 saturated heterocycles. The van der Waals surface area contributed by atoms with E-state index in [0.717, 1.165) is 0 Å². The molecule has 0 aromatic heterocycles. The summed E-state index contributed by atoms with van der Waals surface area (Å²) in [5.74, 6) is -0.953. The van der Waals surface area contributed by atoms with Gasteiger partial charge in [-0.2, -0.15) is 5.10 Å². The number of esters is 1. The fraction of sp³-hybridized carbons (Fsp3) is 0.333. The van der Waals surface area contributed by atoms with Gasteiger partial charge in [0, 0.05) is 5.02 Å². The van der Waals surface area contributed by atoms with E-state index in [4.69, 9.17) is 27.9 Å². The summed E-state index contributed by atoms with van der Waals surface area (Å²) in [5, 5.41) is 7.38. The zero-order valence-electron chi connectivity index (χ0n) is 19.3. The highest BCUT2D eigenvalue weighted by atomic mass is 35.5. The molecule has 0 saturated carbocycles. The van der Waals surface area contributed by atoms with Crippen molar-refractivity contribution in [3.05, 3.63) is 63.6 Å². The van der Waals surface area contributed by atoms with Crippen LogP contribution in [0.25, 0.3) is 0 Å². The fourth-order valence-corrected chi connectivity index (χ4v) is 3.33. The number of ether oxygens (including phenoxy) is 2. The standard InChI is InChI=1S/C24H27Cl2N3O5/c1-14(2)11-20(28-22(30)15(3)34-21-10-9-18(25)12-19(21)26)23(31)29-27-13-16-5-7-17(8-6-16)24(32)33-4/h5-10,12-15,20H,11H2,1-4H3,(H,28,30)(H,29,31)/b27-13-/t15-,20-/m0/s1. The van der Waals surface area contributed by atoms with Gasteiger partial charge < -0.3 is 14.8 Å². The van der Waals surface area contributed by atoms with Crippen LogP contribution in [0.4, 0.5) is 0 Å². The first-order chi connectivity index (χ1) is 16.1. The maximum atomic E-state index is 12.7. The number of carbonyl (C=O) groups is 3. The first-order valence-electron chi connectivity index (χ1n) is 10.5. The van der Waals surface area contributed by atoms with Gasteiger partial charge in [-0.15, -0.1) is 0 Å². The summed E-state index contributed by atoms with van der Waals surface area (Å²) in [5.41, 5.74) is 3.51. The highest BCUT2D eigenvalue weighted by Crippen LogP contribution is 2.28. The molecule has 0 aliphatic heterocycles. The van der Waals surface area contributed by atoms with E-state index in [1.54, 1.807) is 43.3 Å². The largest absolute Gasteiger partial charge is 0.479 e. The molecule has 182 valence electrons. The summed E-state index contributed by atoms with van der Waals surface area (Å²) < 4.78 is 10.3. The van der Waals surface area contributed by atoms with E-state index < -0.39 is 29.9 Å². The van der Waals surface area contributed by atoms with E-state index in [9.17, 15) is 14.4 Å². The highest BCUT2D eigenvalue weighted by molar-refractivity contribution is 6.35. The highest BCUT2D eigenvalue weighted by Gasteiger charge is 2.25. The van der Waals surface area contributed by atoms with Crippen molar-refractivity contribution in [2.75, 3.05) is 7.11 Å². The summed E-state index contributed by atoms with van der Waals surface area (Å²) >= 11 is 12.0. The summed E-state index contributed by atoms with van der Waals surface area (Å²) in [6.07, 6.45) is 0.926. The van der Waals surface area contributed by atoms with Crippen molar-refractivity contribution in [3.8, 4) is 5.75 Å². The molecule has 2 aromatic carbocycles. The number of rotatable bonds is 10. The van der Waals surface area contributed by atoms with Crippen LogP contribution >= 0.6 is 23.2 Å². The minimum Gasteiger partial charge on any atom is -0.479 e. The van der Waals surface area contributed by atoms with Crippen molar-refractivity contribution in [1.29, 1.82) is 0 Å². The van der Waals surface area contributed by atoms with Gasteiger partial charge in [0.2, 0.25) is 0 Å². The lowest BCUT2D eigenvalue weighted by atomic mass is 10.0. The molecule has 10 heteroatoms. The smallest absolute Gasteiger partial charge is 0.337 e. The van der Waals surface area contributed by atoms with Crippen LogP contribution in [0.3, 0.4) is 0 Å². The van der Waals surface area contributed by atoms with Gasteiger partial charge in [-0.3, -0.25) is 9.59 Å². The first-order valence-corrected chi connectivity index (χ1v) is 11.3. The minimum absolute atomic E-state index is 0.132. The Kier molecular flexibility index (Phi) is 10.3. The molecule has 0 spiro atoms. The normalized spacial score (nSPS) is 12.8. The van der Waals surface area contributed by atoms with Crippen LogP contribution in [0.2, 0.25) is 10.0 Å². The van der Waals surface area contributed by atoms with Crippen LogP contribution in [0, 0.1) is 5.92 Å². The molecular weight excluding hydrogens is 481 g/mol. The summed E-state index contributed by atoms with van der Waals surface area (Å²) in [6, 6.07) is 10.4. The number of methoxy groups -OCH3 is 1. The number of hydrogen-bond acceptors (Lipinski definition) is 6. The summed E-state index contributed by atoms with van der Waals surface area (Å²) in [4.78, 5) is 36.8. The first kappa shape index (κ1) is 27.1. The van der Waals surface area contributed by atoms with E-state index in [1.807, 2.05) is 13.8 Å². The van der Waals surface area contributed by atoms with Gasteiger partial charge in [0.1, 0.15) is 11.8 Å². The number of halogens is 2. The molecule has 2 atom stereocenters. The van der Waals surface area contributed by atoms with Crippen LogP contribution in [0.15, 0.2) is 47.6 Å². The lowest BCUT2D eigenvalue weighted by Gasteiger charge is -2.22. The topological polar surface area (TPSA) is 106 Å². The number of amides is 2. The number of hydrogen-bond donors (Lipinski definition) is 2. The molecule has 0 bridgehead atoms. The van der Waals surface area contributed by atoms with Crippen LogP contribution < -0.4 is 15.5 Å². The molecule has 0 aliphatic carbocycles. The van der Waals surface area contributed by atoms with Gasteiger partial charge >= 0.3 is 5.97 Å². The predicted octanol–water partition coefficient (Wildman–Crippen LogP) is 4.23. The monoisotopic (exact) mass is 507 g/mol. The Bertz CT molecular complexity index is 1040. The number of benzene rings is 2. The summed E-state index contributed by atoms with van der Waals surface area (Å²) in [7, 11) is 1.30. The van der Waals surface area contributed by atoms with Crippen molar-refractivity contribution < 1.29 is 23.9 Å². The third-order valence-corrected chi connectivity index (χ3v) is 5.16. The Balaban J connectivity index is 1.99. The molecule has 0 aliphatic rings. The Hall–Kier alpha value is -3.10. The molecule has 34 heavy (non-hydrogen) atoms. The Morgan fingerprint density at radius 2 is 1.71 bits per heavy atom. The lowest BCUT2D eigenvalue weighted by molar-refractivity contribution is -0.132. The van der Waals surface area contributed by atoms with Crippen LogP contribution in [0.5, 0.6) is 5.75 Å². The van der Waals surface area contributed by atoms with Gasteiger partial charge in [0.15, 0.2) is 6.10 Å². The van der Waals surface area contributed by atoms with Crippen molar-refractivity contribution in [2.45, 2.75) is 39.3 Å². The maximum Gasteiger partial charge on any atom is 0.337 e. The Morgan fingerprint density at radius 3 is 2.29 bits per heavy atom. The van der Waals surface area contributed by atoms with Crippen LogP contribution in [-0.4, -0.2) is 43.3 Å². The second-order valence-electron chi connectivity index (χ2n) is 7.87. The second kappa shape index (κ2) is 13.0. The molecule has 0 fully saturated rings. The third-order valence-electron chi connectivity index (χ3n) is 4.63. The second-order valence-corrected chi connectivity index (χ2v) is 8.72. The zero-order chi connectivity index (χ0) is 25.3. The van der Waals surface area contributed by atoms with E-state index in [2.05, 4.69) is 20.6 Å². The number of nitrogens with one attached hydrogen (secondary N) is 2. The van der Waals surface area contributed by atoms with E-state index >= 15 is 0 Å². The lowest BCUT2D eigenvalue weighted by Crippen LogP contribution is -2.49. The van der Waals surface area contributed by atoms with Crippen molar-refractivity contribution in [3.63, 3.8) is 0 Å². The van der Waals surface area contributed by atoms with Crippen molar-refractivity contribution >= 4 is 47.2 Å². The van der Waals surface area contributed by atoms with Gasteiger partial charge in [-0.05, 0) is 55.2 Å². The average Bonchev–Trinajstić information content (AvgIpc) is 2.79. The van der Waals surface area contributed by atoms with Gasteiger partial charge in [0.25, 0.3) is 11.8 Å². The average molecular weight is 508 g/mol. The van der Waals surface area contributed by atoms with E-state index in [0.29, 0.717) is 28.3 Å². The Morgan fingerprint density at radius 1 is 1.03 bits per heavy atom. The van der Waals surface area contributed by atoms with E-state index in [-0.39, 0.29) is 10.9 Å². The number of nitrogens with zero attached hydrogens (tertiary/aromatic N) is 1. The molecule has 2 N–H and O–H groups in total. The van der Waals surface area contributed by atoms with Gasteiger partial charge in [0.05, 0.1) is 23.9 Å².